The van der Waals surface area contributed by atoms with Gasteiger partial charge in [0.15, 0.2) is 8.68 Å². The van der Waals surface area contributed by atoms with Crippen molar-refractivity contribution in [2.45, 2.75) is 59.7 Å². The lowest BCUT2D eigenvalue weighted by atomic mass is 9.92. The molecule has 8 heteroatoms. The minimum absolute atomic E-state index is 0.0895. The first kappa shape index (κ1) is 17.6. The molecule has 1 amide bonds. The molecule has 1 saturated carbocycles. The molecule has 1 heterocycles. The van der Waals surface area contributed by atoms with Gasteiger partial charge in [0.05, 0.1) is 11.8 Å². The van der Waals surface area contributed by atoms with E-state index in [-0.39, 0.29) is 11.7 Å². The van der Waals surface area contributed by atoms with E-state index in [2.05, 4.69) is 28.5 Å². The molecule has 1 aliphatic rings. The number of hydrogen-bond acceptors (Lipinski definition) is 7. The van der Waals surface area contributed by atoms with Crippen LogP contribution in [0.4, 0.5) is 0 Å². The minimum atomic E-state index is -0.668. The zero-order valence-corrected chi connectivity index (χ0v) is 15.1. The van der Waals surface area contributed by atoms with Crippen LogP contribution in [0.25, 0.3) is 0 Å². The van der Waals surface area contributed by atoms with Crippen LogP contribution in [0.5, 0.6) is 0 Å². The van der Waals surface area contributed by atoms with Gasteiger partial charge in [0.1, 0.15) is 5.54 Å². The molecule has 0 atom stereocenters. The van der Waals surface area contributed by atoms with Gasteiger partial charge in [-0.3, -0.25) is 4.79 Å². The second kappa shape index (κ2) is 8.75. The zero-order chi connectivity index (χ0) is 15.8. The minimum Gasteiger partial charge on any atom is -0.337 e. The molecule has 0 aromatic carbocycles. The number of hydrogen-bond donors (Lipinski definition) is 1. The third-order valence-electron chi connectivity index (χ3n) is 3.53. The fourth-order valence-corrected chi connectivity index (χ4v) is 5.18. The van der Waals surface area contributed by atoms with Crippen LogP contribution in [0.2, 0.25) is 0 Å². The summed E-state index contributed by atoms with van der Waals surface area (Å²) in [6.45, 7) is 2.07. The first-order valence-corrected chi connectivity index (χ1v) is 10.3. The van der Waals surface area contributed by atoms with E-state index in [0.717, 1.165) is 53.0 Å². The summed E-state index contributed by atoms with van der Waals surface area (Å²) in [5.41, 5.74) is -0.668. The predicted octanol–water partition coefficient (Wildman–Crippen LogP) is 3.47. The van der Waals surface area contributed by atoms with Crippen molar-refractivity contribution in [2.75, 3.05) is 11.5 Å². The van der Waals surface area contributed by atoms with Gasteiger partial charge < -0.3 is 5.32 Å². The summed E-state index contributed by atoms with van der Waals surface area (Å²) in [6, 6.07) is 2.34. The van der Waals surface area contributed by atoms with E-state index < -0.39 is 5.54 Å². The van der Waals surface area contributed by atoms with Crippen molar-refractivity contribution in [1.82, 2.24) is 15.5 Å². The number of amides is 1. The number of carbonyl (C=O) groups excluding carboxylic acids is 1. The van der Waals surface area contributed by atoms with E-state index in [4.69, 9.17) is 0 Å². The molecule has 0 aliphatic heterocycles. The van der Waals surface area contributed by atoms with E-state index in [9.17, 15) is 10.1 Å². The monoisotopic (exact) mass is 356 g/mol. The fourth-order valence-electron chi connectivity index (χ4n) is 2.46. The molecule has 1 N–H and O–H groups in total. The van der Waals surface area contributed by atoms with Crippen molar-refractivity contribution in [2.24, 2.45) is 0 Å². The van der Waals surface area contributed by atoms with E-state index >= 15 is 0 Å². The number of aromatic nitrogens is 2. The number of nitrogens with one attached hydrogen (secondary N) is 1. The first-order valence-electron chi connectivity index (χ1n) is 7.49. The topological polar surface area (TPSA) is 78.7 Å². The average molecular weight is 357 g/mol. The van der Waals surface area contributed by atoms with Crippen LogP contribution in [0.15, 0.2) is 8.68 Å². The molecule has 5 nitrogen and oxygen atoms in total. The first-order chi connectivity index (χ1) is 10.7. The highest BCUT2D eigenvalue weighted by Crippen LogP contribution is 2.29. The lowest BCUT2D eigenvalue weighted by molar-refractivity contribution is -0.120. The number of thioether (sulfide) groups is 2. The molecule has 1 aromatic heterocycles. The standard InChI is InChI=1S/C14H20N4OS3/c1-2-20-12-17-18-13(22-12)21-9-11(19)16-14(10-15)7-5-3-4-6-8-14/h2-9H2,1H3,(H,16,19). The fraction of sp³-hybridized carbons (Fsp3) is 0.714. The molecule has 0 spiro atoms. The van der Waals surface area contributed by atoms with Crippen molar-refractivity contribution in [3.8, 4) is 6.07 Å². The van der Waals surface area contributed by atoms with Gasteiger partial charge in [-0.15, -0.1) is 10.2 Å². The highest BCUT2D eigenvalue weighted by atomic mass is 32.2. The Morgan fingerprint density at radius 1 is 1.27 bits per heavy atom. The molecule has 22 heavy (non-hydrogen) atoms. The second-order valence-electron chi connectivity index (χ2n) is 5.21. The average Bonchev–Trinajstić information content (AvgIpc) is 2.83. The van der Waals surface area contributed by atoms with Crippen molar-refractivity contribution in [3.63, 3.8) is 0 Å². The summed E-state index contributed by atoms with van der Waals surface area (Å²) in [5, 5.41) is 20.6. The maximum atomic E-state index is 12.2. The summed E-state index contributed by atoms with van der Waals surface area (Å²) in [4.78, 5) is 12.2. The van der Waals surface area contributed by atoms with Crippen molar-refractivity contribution >= 4 is 40.8 Å². The van der Waals surface area contributed by atoms with E-state index in [1.54, 1.807) is 11.8 Å². The summed E-state index contributed by atoms with van der Waals surface area (Å²) < 4.78 is 1.74. The van der Waals surface area contributed by atoms with Crippen LogP contribution in [0.3, 0.4) is 0 Å². The van der Waals surface area contributed by atoms with Crippen LogP contribution in [0.1, 0.15) is 45.4 Å². The number of rotatable bonds is 6. The smallest absolute Gasteiger partial charge is 0.231 e. The molecule has 1 aromatic rings. The Morgan fingerprint density at radius 3 is 2.50 bits per heavy atom. The quantitative estimate of drug-likeness (QED) is 0.621. The number of nitriles is 1. The zero-order valence-electron chi connectivity index (χ0n) is 12.6. The largest absolute Gasteiger partial charge is 0.337 e. The van der Waals surface area contributed by atoms with Gasteiger partial charge in [-0.2, -0.15) is 5.26 Å². The van der Waals surface area contributed by atoms with Crippen LogP contribution < -0.4 is 5.32 Å². The maximum absolute atomic E-state index is 12.2. The van der Waals surface area contributed by atoms with E-state index in [1.165, 1.54) is 23.1 Å². The molecule has 1 fully saturated rings. The molecule has 1 aliphatic carbocycles. The van der Waals surface area contributed by atoms with Gasteiger partial charge in [0, 0.05) is 0 Å². The summed E-state index contributed by atoms with van der Waals surface area (Å²) in [7, 11) is 0. The SMILES string of the molecule is CCSc1nnc(SCC(=O)NC2(C#N)CCCCCC2)s1. The van der Waals surface area contributed by atoms with Gasteiger partial charge in [0.25, 0.3) is 0 Å². The maximum Gasteiger partial charge on any atom is 0.231 e. The van der Waals surface area contributed by atoms with E-state index in [1.807, 2.05) is 0 Å². The van der Waals surface area contributed by atoms with Crippen LogP contribution in [-0.4, -0.2) is 33.1 Å². The highest BCUT2D eigenvalue weighted by Gasteiger charge is 2.32. The van der Waals surface area contributed by atoms with Gasteiger partial charge in [-0.05, 0) is 18.6 Å². The Labute approximate surface area is 143 Å². The van der Waals surface area contributed by atoms with Crippen LogP contribution >= 0.6 is 34.9 Å². The molecule has 2 rings (SSSR count). The van der Waals surface area contributed by atoms with Crippen molar-refractivity contribution < 1.29 is 4.79 Å². The summed E-state index contributed by atoms with van der Waals surface area (Å²) in [6.07, 6.45) is 5.84. The molecule has 120 valence electrons. The molecule has 0 radical (unpaired) electrons. The van der Waals surface area contributed by atoms with Gasteiger partial charge in [-0.1, -0.05) is 67.5 Å². The van der Waals surface area contributed by atoms with Gasteiger partial charge in [-0.25, -0.2) is 0 Å². The van der Waals surface area contributed by atoms with Gasteiger partial charge in [0.2, 0.25) is 5.91 Å². The van der Waals surface area contributed by atoms with Gasteiger partial charge >= 0.3 is 0 Å². The Kier molecular flexibility index (Phi) is 6.99. The number of carbonyl (C=O) groups is 1. The lowest BCUT2D eigenvalue weighted by Gasteiger charge is -2.26. The van der Waals surface area contributed by atoms with E-state index in [0.29, 0.717) is 0 Å². The highest BCUT2D eigenvalue weighted by molar-refractivity contribution is 8.03. The van der Waals surface area contributed by atoms with Crippen LogP contribution in [0, 0.1) is 11.3 Å². The van der Waals surface area contributed by atoms with Crippen LogP contribution in [-0.2, 0) is 4.79 Å². The second-order valence-corrected chi connectivity index (χ2v) is 8.92. The summed E-state index contributed by atoms with van der Waals surface area (Å²) >= 11 is 4.55. The van der Waals surface area contributed by atoms with Crippen molar-refractivity contribution in [1.29, 1.82) is 5.26 Å². The third-order valence-corrected chi connectivity index (χ3v) is 6.60. The molecule has 0 unspecified atom stereocenters. The predicted molar refractivity (Wildman–Crippen MR) is 91.2 cm³/mol. The van der Waals surface area contributed by atoms with Crippen molar-refractivity contribution in [3.05, 3.63) is 0 Å². The Hall–Kier alpha value is -0.780. The molecule has 0 saturated heterocycles. The molecular formula is C14H20N4OS3. The summed E-state index contributed by atoms with van der Waals surface area (Å²) in [5.74, 6) is 1.16. The lowest BCUT2D eigenvalue weighted by Crippen LogP contribution is -2.47. The Morgan fingerprint density at radius 2 is 1.91 bits per heavy atom. The Bertz CT molecular complexity index is 532. The number of nitrogens with zero attached hydrogens (tertiary/aromatic N) is 3. The molecule has 0 bridgehead atoms. The normalized spacial score (nSPS) is 17.5. The Balaban J connectivity index is 1.84. The molecular weight excluding hydrogens is 336 g/mol. The third kappa shape index (κ3) is 5.14.